The van der Waals surface area contributed by atoms with Crippen LogP contribution in [-0.2, 0) is 11.2 Å². The number of aryl methyl sites for hydroxylation is 2. The predicted octanol–water partition coefficient (Wildman–Crippen LogP) is 2.88. The molecule has 0 unspecified atom stereocenters. The molecular weight excluding hydrogens is 255 g/mol. The van der Waals surface area contributed by atoms with Crippen molar-refractivity contribution in [3.63, 3.8) is 0 Å². The van der Waals surface area contributed by atoms with E-state index in [1.165, 1.54) is 5.69 Å². The molecule has 4 heteroatoms. The summed E-state index contributed by atoms with van der Waals surface area (Å²) in [4.78, 5) is 5.80. The van der Waals surface area contributed by atoms with Crippen LogP contribution in [-0.4, -0.2) is 42.7 Å². The van der Waals surface area contributed by atoms with Crippen molar-refractivity contribution < 1.29 is 9.13 Å². The fourth-order valence-corrected chi connectivity index (χ4v) is 2.83. The van der Waals surface area contributed by atoms with Gasteiger partial charge in [-0.2, -0.15) is 0 Å². The van der Waals surface area contributed by atoms with Gasteiger partial charge in [-0.1, -0.05) is 0 Å². The highest BCUT2D eigenvalue weighted by Gasteiger charge is 2.10. The minimum Gasteiger partial charge on any atom is -0.379 e. The van der Waals surface area contributed by atoms with Crippen molar-refractivity contribution in [2.45, 2.75) is 19.8 Å². The average Bonchev–Trinajstić information content (AvgIpc) is 2.88. The van der Waals surface area contributed by atoms with Crippen molar-refractivity contribution in [2.75, 3.05) is 32.8 Å². The van der Waals surface area contributed by atoms with E-state index in [1.54, 1.807) is 6.07 Å². The van der Waals surface area contributed by atoms with E-state index in [0.29, 0.717) is 5.56 Å². The topological polar surface area (TPSA) is 28.3 Å². The van der Waals surface area contributed by atoms with Crippen LogP contribution in [0.3, 0.4) is 0 Å². The molecule has 1 aliphatic heterocycles. The summed E-state index contributed by atoms with van der Waals surface area (Å²) in [5, 5.41) is 1.10. The third kappa shape index (κ3) is 2.86. The largest absolute Gasteiger partial charge is 0.379 e. The Labute approximate surface area is 118 Å². The number of aromatic amines is 1. The van der Waals surface area contributed by atoms with Crippen LogP contribution in [0.4, 0.5) is 4.39 Å². The normalized spacial score (nSPS) is 16.9. The molecule has 3 rings (SSSR count). The van der Waals surface area contributed by atoms with E-state index in [1.807, 2.05) is 13.0 Å². The first-order valence-corrected chi connectivity index (χ1v) is 7.31. The van der Waals surface area contributed by atoms with Gasteiger partial charge in [-0.3, -0.25) is 4.90 Å². The Morgan fingerprint density at radius 1 is 1.30 bits per heavy atom. The molecule has 1 fully saturated rings. The molecule has 0 saturated carbocycles. The van der Waals surface area contributed by atoms with Crippen LogP contribution in [0.2, 0.25) is 0 Å². The van der Waals surface area contributed by atoms with E-state index >= 15 is 0 Å². The SMILES string of the molecule is Cc1c(F)ccc2cc(CCCN3CCOCC3)[nH]c12. The van der Waals surface area contributed by atoms with Crippen molar-refractivity contribution >= 4 is 10.9 Å². The highest BCUT2D eigenvalue weighted by atomic mass is 19.1. The molecule has 1 aromatic heterocycles. The van der Waals surface area contributed by atoms with Gasteiger partial charge in [0.2, 0.25) is 0 Å². The smallest absolute Gasteiger partial charge is 0.128 e. The van der Waals surface area contributed by atoms with E-state index in [0.717, 1.165) is 56.6 Å². The van der Waals surface area contributed by atoms with Crippen LogP contribution in [0.25, 0.3) is 10.9 Å². The average molecular weight is 276 g/mol. The molecule has 1 saturated heterocycles. The summed E-state index contributed by atoms with van der Waals surface area (Å²) in [6.07, 6.45) is 2.13. The Bertz CT molecular complexity index is 587. The Morgan fingerprint density at radius 3 is 2.90 bits per heavy atom. The summed E-state index contributed by atoms with van der Waals surface area (Å²) in [5.41, 5.74) is 2.84. The summed E-state index contributed by atoms with van der Waals surface area (Å²) in [6, 6.07) is 5.53. The fourth-order valence-electron chi connectivity index (χ4n) is 2.83. The van der Waals surface area contributed by atoms with Crippen molar-refractivity contribution in [3.8, 4) is 0 Å². The molecule has 108 valence electrons. The zero-order chi connectivity index (χ0) is 13.9. The number of H-pyrrole nitrogens is 1. The van der Waals surface area contributed by atoms with Crippen LogP contribution < -0.4 is 0 Å². The van der Waals surface area contributed by atoms with Gasteiger partial charge in [-0.15, -0.1) is 0 Å². The molecule has 1 aromatic carbocycles. The Morgan fingerprint density at radius 2 is 2.10 bits per heavy atom. The second-order valence-corrected chi connectivity index (χ2v) is 5.49. The number of rotatable bonds is 4. The monoisotopic (exact) mass is 276 g/mol. The number of ether oxygens (including phenoxy) is 1. The van der Waals surface area contributed by atoms with Crippen LogP contribution in [0.5, 0.6) is 0 Å². The van der Waals surface area contributed by atoms with Crippen molar-refractivity contribution in [1.82, 2.24) is 9.88 Å². The Kier molecular flexibility index (Phi) is 4.03. The maximum Gasteiger partial charge on any atom is 0.128 e. The Hall–Kier alpha value is -1.39. The van der Waals surface area contributed by atoms with Gasteiger partial charge in [0.15, 0.2) is 0 Å². The minimum absolute atomic E-state index is 0.140. The standard InChI is InChI=1S/C16H21FN2O/c1-12-15(17)5-4-13-11-14(18-16(12)13)3-2-6-19-7-9-20-10-8-19/h4-5,11,18H,2-3,6-10H2,1H3. The minimum atomic E-state index is -0.140. The molecule has 0 spiro atoms. The third-order valence-corrected chi connectivity index (χ3v) is 4.07. The lowest BCUT2D eigenvalue weighted by atomic mass is 10.1. The lowest BCUT2D eigenvalue weighted by Crippen LogP contribution is -2.36. The summed E-state index contributed by atoms with van der Waals surface area (Å²) in [5.74, 6) is -0.140. The van der Waals surface area contributed by atoms with Crippen LogP contribution in [0.1, 0.15) is 17.7 Å². The molecule has 1 N–H and O–H groups in total. The van der Waals surface area contributed by atoms with Gasteiger partial charge in [-0.25, -0.2) is 4.39 Å². The zero-order valence-electron chi connectivity index (χ0n) is 11.9. The highest BCUT2D eigenvalue weighted by molar-refractivity contribution is 5.83. The number of halogens is 1. The molecule has 3 nitrogen and oxygen atoms in total. The van der Waals surface area contributed by atoms with Gasteiger partial charge in [0.05, 0.1) is 18.7 Å². The number of nitrogens with zero attached hydrogens (tertiary/aromatic N) is 1. The molecule has 0 radical (unpaired) electrons. The molecular formula is C16H21FN2O. The predicted molar refractivity (Wildman–Crippen MR) is 78.6 cm³/mol. The maximum atomic E-state index is 13.5. The molecule has 1 aliphatic rings. The van der Waals surface area contributed by atoms with E-state index in [-0.39, 0.29) is 5.82 Å². The van der Waals surface area contributed by atoms with Crippen molar-refractivity contribution in [1.29, 1.82) is 0 Å². The van der Waals surface area contributed by atoms with Gasteiger partial charge in [0.1, 0.15) is 5.82 Å². The lowest BCUT2D eigenvalue weighted by molar-refractivity contribution is 0.0374. The summed E-state index contributed by atoms with van der Waals surface area (Å²) < 4.78 is 18.9. The number of hydrogen-bond acceptors (Lipinski definition) is 2. The van der Waals surface area contributed by atoms with Crippen molar-refractivity contribution in [2.24, 2.45) is 0 Å². The molecule has 2 heterocycles. The third-order valence-electron chi connectivity index (χ3n) is 4.07. The summed E-state index contributed by atoms with van der Waals surface area (Å²) in [7, 11) is 0. The number of hydrogen-bond donors (Lipinski definition) is 1. The van der Waals surface area contributed by atoms with Gasteiger partial charge in [0.25, 0.3) is 0 Å². The van der Waals surface area contributed by atoms with E-state index in [2.05, 4.69) is 16.0 Å². The van der Waals surface area contributed by atoms with Gasteiger partial charge in [-0.05, 0) is 44.5 Å². The summed E-state index contributed by atoms with van der Waals surface area (Å²) in [6.45, 7) is 6.71. The first kappa shape index (κ1) is 13.6. The highest BCUT2D eigenvalue weighted by Crippen LogP contribution is 2.22. The molecule has 0 bridgehead atoms. The number of benzene rings is 1. The summed E-state index contributed by atoms with van der Waals surface area (Å²) >= 11 is 0. The maximum absolute atomic E-state index is 13.5. The second-order valence-electron chi connectivity index (χ2n) is 5.49. The van der Waals surface area contributed by atoms with Crippen molar-refractivity contribution in [3.05, 3.63) is 35.3 Å². The second kappa shape index (κ2) is 5.94. The first-order chi connectivity index (χ1) is 9.74. The number of fused-ring (bicyclic) bond motifs is 1. The van der Waals surface area contributed by atoms with Crippen LogP contribution in [0.15, 0.2) is 18.2 Å². The zero-order valence-corrected chi connectivity index (χ0v) is 11.9. The van der Waals surface area contributed by atoms with E-state index in [9.17, 15) is 4.39 Å². The van der Waals surface area contributed by atoms with E-state index < -0.39 is 0 Å². The number of morpholine rings is 1. The molecule has 0 atom stereocenters. The van der Waals surface area contributed by atoms with Crippen LogP contribution in [0, 0.1) is 12.7 Å². The Balaban J connectivity index is 1.61. The van der Waals surface area contributed by atoms with Gasteiger partial charge < -0.3 is 9.72 Å². The first-order valence-electron chi connectivity index (χ1n) is 7.31. The van der Waals surface area contributed by atoms with Gasteiger partial charge in [0, 0.05) is 29.7 Å². The number of aromatic nitrogens is 1. The molecule has 20 heavy (non-hydrogen) atoms. The molecule has 0 aliphatic carbocycles. The van der Waals surface area contributed by atoms with Crippen LogP contribution >= 0.6 is 0 Å². The van der Waals surface area contributed by atoms with Gasteiger partial charge >= 0.3 is 0 Å². The fraction of sp³-hybridized carbons (Fsp3) is 0.500. The quantitative estimate of drug-likeness (QED) is 0.930. The van der Waals surface area contributed by atoms with E-state index in [4.69, 9.17) is 4.74 Å². The lowest BCUT2D eigenvalue weighted by Gasteiger charge is -2.26. The molecule has 2 aromatic rings. The number of nitrogens with one attached hydrogen (secondary N) is 1. The molecule has 0 amide bonds.